The molecule has 2 amide bonds. The smallest absolute Gasteiger partial charge is 0.235 e. The Hall–Kier alpha value is -2.11. The van der Waals surface area contributed by atoms with Crippen LogP contribution >= 0.6 is 0 Å². The monoisotopic (exact) mass is 305 g/mol. The average Bonchev–Trinajstić information content (AvgIpc) is 2.87. The summed E-state index contributed by atoms with van der Waals surface area (Å²) in [5.74, 6) is -0.858. The van der Waals surface area contributed by atoms with Gasteiger partial charge in [-0.2, -0.15) is 0 Å². The minimum absolute atomic E-state index is 0.0480. The third kappa shape index (κ3) is 2.77. The Bertz CT molecular complexity index is 567. The molecule has 22 heavy (non-hydrogen) atoms. The molecule has 3 rings (SSSR count). The Morgan fingerprint density at radius 3 is 2.27 bits per heavy atom. The van der Waals surface area contributed by atoms with Crippen molar-refractivity contribution in [1.82, 2.24) is 9.80 Å². The van der Waals surface area contributed by atoms with Gasteiger partial charge >= 0.3 is 0 Å². The molecule has 0 bridgehead atoms. The molecule has 0 saturated carbocycles. The number of benzene rings is 1. The standard InChI is InChI=1S/C16H20FN3O2/c1-18-7-6-14(15(18)21)16(22)20-10-8-19(9-11-20)13-4-2-12(17)3-5-13/h2-5,14H,6-11H2,1H3. The summed E-state index contributed by atoms with van der Waals surface area (Å²) >= 11 is 0. The largest absolute Gasteiger partial charge is 0.368 e. The van der Waals surface area contributed by atoms with E-state index in [1.54, 1.807) is 29.0 Å². The molecule has 0 aliphatic carbocycles. The highest BCUT2D eigenvalue weighted by Gasteiger charge is 2.38. The Balaban J connectivity index is 1.58. The van der Waals surface area contributed by atoms with Crippen LogP contribution < -0.4 is 4.90 Å². The lowest BCUT2D eigenvalue weighted by Crippen LogP contribution is -2.51. The molecule has 1 atom stereocenters. The Labute approximate surface area is 129 Å². The quantitative estimate of drug-likeness (QED) is 0.764. The van der Waals surface area contributed by atoms with Gasteiger partial charge in [-0.25, -0.2) is 4.39 Å². The molecule has 0 N–H and O–H groups in total. The van der Waals surface area contributed by atoms with Gasteiger partial charge in [0.1, 0.15) is 11.7 Å². The highest BCUT2D eigenvalue weighted by Crippen LogP contribution is 2.21. The molecule has 2 aliphatic heterocycles. The zero-order chi connectivity index (χ0) is 15.7. The van der Waals surface area contributed by atoms with Gasteiger partial charge in [-0.3, -0.25) is 9.59 Å². The van der Waals surface area contributed by atoms with Crippen LogP contribution in [0.15, 0.2) is 24.3 Å². The highest BCUT2D eigenvalue weighted by atomic mass is 19.1. The first-order valence-electron chi connectivity index (χ1n) is 7.60. The molecule has 0 radical (unpaired) electrons. The van der Waals surface area contributed by atoms with Crippen molar-refractivity contribution in [3.63, 3.8) is 0 Å². The Morgan fingerprint density at radius 1 is 1.09 bits per heavy atom. The van der Waals surface area contributed by atoms with Crippen LogP contribution in [0.3, 0.4) is 0 Å². The van der Waals surface area contributed by atoms with E-state index in [9.17, 15) is 14.0 Å². The van der Waals surface area contributed by atoms with Gasteiger partial charge in [0.25, 0.3) is 0 Å². The predicted octanol–water partition coefficient (Wildman–Crippen LogP) is 0.953. The van der Waals surface area contributed by atoms with Crippen LogP contribution in [-0.2, 0) is 9.59 Å². The van der Waals surface area contributed by atoms with Crippen LogP contribution in [0, 0.1) is 11.7 Å². The maximum Gasteiger partial charge on any atom is 0.235 e. The van der Waals surface area contributed by atoms with Gasteiger partial charge in [0.05, 0.1) is 0 Å². The predicted molar refractivity (Wildman–Crippen MR) is 80.9 cm³/mol. The molecular weight excluding hydrogens is 285 g/mol. The number of nitrogens with zero attached hydrogens (tertiary/aromatic N) is 3. The molecule has 2 fully saturated rings. The van der Waals surface area contributed by atoms with E-state index >= 15 is 0 Å². The van der Waals surface area contributed by atoms with Crippen LogP contribution in [0.5, 0.6) is 0 Å². The van der Waals surface area contributed by atoms with Gasteiger partial charge in [-0.15, -0.1) is 0 Å². The van der Waals surface area contributed by atoms with E-state index in [0.29, 0.717) is 39.1 Å². The normalized spacial score (nSPS) is 22.4. The number of carbonyl (C=O) groups is 2. The number of amides is 2. The van der Waals surface area contributed by atoms with Crippen molar-refractivity contribution in [3.8, 4) is 0 Å². The van der Waals surface area contributed by atoms with Crippen LogP contribution in [-0.4, -0.2) is 61.4 Å². The SMILES string of the molecule is CN1CCC(C(=O)N2CCN(c3ccc(F)cc3)CC2)C1=O. The summed E-state index contributed by atoms with van der Waals surface area (Å²) in [6, 6.07) is 6.39. The van der Waals surface area contributed by atoms with E-state index in [2.05, 4.69) is 4.90 Å². The van der Waals surface area contributed by atoms with Crippen LogP contribution in [0.2, 0.25) is 0 Å². The van der Waals surface area contributed by atoms with Crippen molar-refractivity contribution in [2.24, 2.45) is 5.92 Å². The number of hydrogen-bond donors (Lipinski definition) is 0. The summed E-state index contributed by atoms with van der Waals surface area (Å²) < 4.78 is 13.0. The topological polar surface area (TPSA) is 43.9 Å². The molecular formula is C16H20FN3O2. The fraction of sp³-hybridized carbons (Fsp3) is 0.500. The molecule has 2 heterocycles. The lowest BCUT2D eigenvalue weighted by atomic mass is 10.1. The van der Waals surface area contributed by atoms with Crippen LogP contribution in [0.1, 0.15) is 6.42 Å². The summed E-state index contributed by atoms with van der Waals surface area (Å²) in [6.45, 7) is 3.26. The number of halogens is 1. The number of piperazine rings is 1. The fourth-order valence-electron chi connectivity index (χ4n) is 3.11. The highest BCUT2D eigenvalue weighted by molar-refractivity contribution is 6.01. The molecule has 5 nitrogen and oxygen atoms in total. The molecule has 118 valence electrons. The lowest BCUT2D eigenvalue weighted by Gasteiger charge is -2.37. The maximum atomic E-state index is 13.0. The summed E-state index contributed by atoms with van der Waals surface area (Å²) in [5, 5.41) is 0. The molecule has 2 aliphatic rings. The van der Waals surface area contributed by atoms with Crippen molar-refractivity contribution in [3.05, 3.63) is 30.1 Å². The first-order valence-corrected chi connectivity index (χ1v) is 7.60. The van der Waals surface area contributed by atoms with Crippen molar-refractivity contribution < 1.29 is 14.0 Å². The first-order chi connectivity index (χ1) is 10.6. The fourth-order valence-corrected chi connectivity index (χ4v) is 3.11. The number of hydrogen-bond acceptors (Lipinski definition) is 3. The van der Waals surface area contributed by atoms with Gasteiger partial charge in [0, 0.05) is 45.5 Å². The van der Waals surface area contributed by atoms with Crippen molar-refractivity contribution >= 4 is 17.5 Å². The van der Waals surface area contributed by atoms with Crippen molar-refractivity contribution in [2.45, 2.75) is 6.42 Å². The Kier molecular flexibility index (Phi) is 4.00. The molecule has 1 aromatic rings. The third-order valence-corrected chi connectivity index (χ3v) is 4.51. The summed E-state index contributed by atoms with van der Waals surface area (Å²) in [4.78, 5) is 29.9. The zero-order valence-electron chi connectivity index (χ0n) is 12.7. The number of likely N-dealkylation sites (tertiary alicyclic amines) is 1. The molecule has 1 aromatic carbocycles. The lowest BCUT2D eigenvalue weighted by molar-refractivity contribution is -0.143. The van der Waals surface area contributed by atoms with Gasteiger partial charge in [-0.05, 0) is 30.7 Å². The first kappa shape index (κ1) is 14.8. The molecule has 0 spiro atoms. The van der Waals surface area contributed by atoms with E-state index in [1.807, 2.05) is 0 Å². The van der Waals surface area contributed by atoms with E-state index in [4.69, 9.17) is 0 Å². The molecule has 1 unspecified atom stereocenters. The Morgan fingerprint density at radius 2 is 1.73 bits per heavy atom. The minimum atomic E-state index is -0.498. The summed E-state index contributed by atoms with van der Waals surface area (Å²) in [6.07, 6.45) is 0.617. The summed E-state index contributed by atoms with van der Waals surface area (Å²) in [5.41, 5.74) is 0.963. The third-order valence-electron chi connectivity index (χ3n) is 4.51. The second kappa shape index (κ2) is 5.94. The number of anilines is 1. The van der Waals surface area contributed by atoms with Crippen molar-refractivity contribution in [2.75, 3.05) is 44.7 Å². The number of rotatable bonds is 2. The second-order valence-electron chi connectivity index (χ2n) is 5.89. The van der Waals surface area contributed by atoms with E-state index in [-0.39, 0.29) is 17.6 Å². The van der Waals surface area contributed by atoms with Crippen LogP contribution in [0.25, 0.3) is 0 Å². The van der Waals surface area contributed by atoms with Gasteiger partial charge in [-0.1, -0.05) is 0 Å². The molecule has 6 heteroatoms. The van der Waals surface area contributed by atoms with E-state index in [0.717, 1.165) is 5.69 Å². The van der Waals surface area contributed by atoms with Gasteiger partial charge in [0.15, 0.2) is 0 Å². The minimum Gasteiger partial charge on any atom is -0.368 e. The average molecular weight is 305 g/mol. The van der Waals surface area contributed by atoms with E-state index in [1.165, 1.54) is 12.1 Å². The van der Waals surface area contributed by atoms with Crippen LogP contribution in [0.4, 0.5) is 10.1 Å². The molecule has 2 saturated heterocycles. The van der Waals surface area contributed by atoms with E-state index < -0.39 is 5.92 Å². The number of carbonyl (C=O) groups excluding carboxylic acids is 2. The summed E-state index contributed by atoms with van der Waals surface area (Å²) in [7, 11) is 1.74. The zero-order valence-corrected chi connectivity index (χ0v) is 12.7. The van der Waals surface area contributed by atoms with Crippen molar-refractivity contribution in [1.29, 1.82) is 0 Å². The van der Waals surface area contributed by atoms with Gasteiger partial charge < -0.3 is 14.7 Å². The second-order valence-corrected chi connectivity index (χ2v) is 5.89. The van der Waals surface area contributed by atoms with Gasteiger partial charge in [0.2, 0.25) is 11.8 Å². The molecule has 0 aromatic heterocycles. The maximum absolute atomic E-state index is 13.0.